The van der Waals surface area contributed by atoms with Crippen LogP contribution in [0.2, 0.25) is 0 Å². The van der Waals surface area contributed by atoms with Crippen molar-refractivity contribution in [3.8, 4) is 0 Å². The molecule has 1 amide bonds. The molecule has 2 aliphatic rings. The molecule has 0 aliphatic carbocycles. The Bertz CT molecular complexity index is 848. The van der Waals surface area contributed by atoms with Gasteiger partial charge < -0.3 is 9.64 Å². The zero-order chi connectivity index (χ0) is 19.8. The van der Waals surface area contributed by atoms with Gasteiger partial charge in [0.05, 0.1) is 11.7 Å². The van der Waals surface area contributed by atoms with E-state index in [0.29, 0.717) is 12.5 Å². The highest BCUT2D eigenvalue weighted by molar-refractivity contribution is 5.78. The van der Waals surface area contributed by atoms with E-state index in [4.69, 9.17) is 4.74 Å². The van der Waals surface area contributed by atoms with Gasteiger partial charge in [-0.15, -0.1) is 0 Å². The highest BCUT2D eigenvalue weighted by Gasteiger charge is 2.49. The fourth-order valence-corrected chi connectivity index (χ4v) is 4.88. The molecule has 1 aromatic heterocycles. The van der Waals surface area contributed by atoms with Gasteiger partial charge in [-0.25, -0.2) is 4.39 Å². The molecule has 1 aromatic carbocycles. The summed E-state index contributed by atoms with van der Waals surface area (Å²) in [6.07, 6.45) is 0. The first-order chi connectivity index (χ1) is 13.5. The number of H-pyrrole nitrogens is 1. The third-order valence-electron chi connectivity index (χ3n) is 6.18. The fourth-order valence-electron chi connectivity index (χ4n) is 4.88. The van der Waals surface area contributed by atoms with E-state index >= 15 is 0 Å². The number of halogens is 1. The second kappa shape index (κ2) is 7.64. The maximum atomic E-state index is 13.9. The molecule has 28 heavy (non-hydrogen) atoms. The average Bonchev–Trinajstić information content (AvgIpc) is 3.30. The quantitative estimate of drug-likeness (QED) is 0.858. The Balaban J connectivity index is 1.57. The zero-order valence-corrected chi connectivity index (χ0v) is 16.6. The van der Waals surface area contributed by atoms with Crippen molar-refractivity contribution in [3.05, 3.63) is 52.6 Å². The number of hydrogen-bond acceptors (Lipinski definition) is 4. The summed E-state index contributed by atoms with van der Waals surface area (Å²) in [6, 6.07) is 6.55. The van der Waals surface area contributed by atoms with Crippen molar-refractivity contribution in [3.63, 3.8) is 0 Å². The number of fused-ring (bicyclic) bond motifs is 1. The van der Waals surface area contributed by atoms with Crippen molar-refractivity contribution in [1.82, 2.24) is 20.0 Å². The number of nitrogens with zero attached hydrogens (tertiary/aromatic N) is 3. The van der Waals surface area contributed by atoms with Gasteiger partial charge in [-0.1, -0.05) is 12.1 Å². The van der Waals surface area contributed by atoms with Gasteiger partial charge in [0.25, 0.3) is 0 Å². The number of aromatic amines is 1. The number of nitrogens with one attached hydrogen (secondary N) is 1. The first-order valence-corrected chi connectivity index (χ1v) is 9.74. The first kappa shape index (κ1) is 19.1. The number of carbonyl (C=O) groups is 1. The van der Waals surface area contributed by atoms with Crippen LogP contribution >= 0.6 is 0 Å². The molecule has 150 valence electrons. The van der Waals surface area contributed by atoms with Gasteiger partial charge in [-0.3, -0.25) is 14.8 Å². The maximum Gasteiger partial charge on any atom is 0.249 e. The molecule has 1 N–H and O–H groups in total. The molecule has 3 heterocycles. The van der Waals surface area contributed by atoms with E-state index in [9.17, 15) is 9.18 Å². The average molecular weight is 386 g/mol. The van der Waals surface area contributed by atoms with E-state index in [0.717, 1.165) is 36.6 Å². The maximum absolute atomic E-state index is 13.9. The van der Waals surface area contributed by atoms with Crippen LogP contribution in [0.1, 0.15) is 28.6 Å². The lowest BCUT2D eigenvalue weighted by atomic mass is 9.89. The SMILES string of the molecule is COCC(=O)N1C[C@H]2CN(Cc3c(C)n[nH]c3C)C[C@H]2[C@@H]1c1cccc(F)c1. The Morgan fingerprint density at radius 1 is 1.32 bits per heavy atom. The van der Waals surface area contributed by atoms with Gasteiger partial charge in [0.1, 0.15) is 12.4 Å². The molecule has 3 atom stereocenters. The number of carbonyl (C=O) groups excluding carboxylic acids is 1. The van der Waals surface area contributed by atoms with Crippen LogP contribution in [0.5, 0.6) is 0 Å². The zero-order valence-electron chi connectivity index (χ0n) is 16.6. The molecule has 6 nitrogen and oxygen atoms in total. The van der Waals surface area contributed by atoms with Crippen molar-refractivity contribution >= 4 is 5.91 Å². The lowest BCUT2D eigenvalue weighted by molar-refractivity contribution is -0.136. The normalized spacial score (nSPS) is 24.7. The van der Waals surface area contributed by atoms with E-state index in [-0.39, 0.29) is 30.3 Å². The van der Waals surface area contributed by atoms with E-state index in [1.807, 2.05) is 24.8 Å². The summed E-state index contributed by atoms with van der Waals surface area (Å²) in [5.41, 5.74) is 4.25. The van der Waals surface area contributed by atoms with Gasteiger partial charge in [0.15, 0.2) is 0 Å². The first-order valence-electron chi connectivity index (χ1n) is 9.74. The number of aryl methyl sites for hydroxylation is 2. The predicted molar refractivity (Wildman–Crippen MR) is 103 cm³/mol. The van der Waals surface area contributed by atoms with Gasteiger partial charge >= 0.3 is 0 Å². The Labute approximate surface area is 164 Å². The molecule has 0 radical (unpaired) electrons. The van der Waals surface area contributed by atoms with Crippen molar-refractivity contribution in [1.29, 1.82) is 0 Å². The molecule has 0 spiro atoms. The minimum atomic E-state index is -0.264. The summed E-state index contributed by atoms with van der Waals surface area (Å²) < 4.78 is 19.0. The van der Waals surface area contributed by atoms with Gasteiger partial charge in [-0.2, -0.15) is 5.10 Å². The van der Waals surface area contributed by atoms with E-state index < -0.39 is 0 Å². The molecule has 2 aromatic rings. The highest BCUT2D eigenvalue weighted by atomic mass is 19.1. The molecule has 0 saturated carbocycles. The smallest absolute Gasteiger partial charge is 0.249 e. The summed E-state index contributed by atoms with van der Waals surface area (Å²) >= 11 is 0. The van der Waals surface area contributed by atoms with Crippen molar-refractivity contribution in [2.24, 2.45) is 11.8 Å². The monoisotopic (exact) mass is 386 g/mol. The minimum absolute atomic E-state index is 0.0285. The molecule has 2 fully saturated rings. The summed E-state index contributed by atoms with van der Waals surface area (Å²) in [6.45, 7) is 7.48. The summed E-state index contributed by atoms with van der Waals surface area (Å²) in [7, 11) is 1.53. The van der Waals surface area contributed by atoms with Crippen LogP contribution in [0.25, 0.3) is 0 Å². The third-order valence-corrected chi connectivity index (χ3v) is 6.18. The van der Waals surface area contributed by atoms with Crippen molar-refractivity contribution < 1.29 is 13.9 Å². The lowest BCUT2D eigenvalue weighted by Gasteiger charge is -2.30. The molecule has 2 saturated heterocycles. The molecule has 0 bridgehead atoms. The molecule has 2 aliphatic heterocycles. The Kier molecular flexibility index (Phi) is 5.21. The van der Waals surface area contributed by atoms with Crippen molar-refractivity contribution in [2.45, 2.75) is 26.4 Å². The Morgan fingerprint density at radius 3 is 2.82 bits per heavy atom. The summed E-state index contributed by atoms with van der Waals surface area (Å²) in [4.78, 5) is 17.0. The number of methoxy groups -OCH3 is 1. The van der Waals surface area contributed by atoms with E-state index in [1.54, 1.807) is 12.1 Å². The topological polar surface area (TPSA) is 61.5 Å². The number of aromatic nitrogens is 2. The Morgan fingerprint density at radius 2 is 2.14 bits per heavy atom. The number of likely N-dealkylation sites (tertiary alicyclic amines) is 2. The van der Waals surface area contributed by atoms with E-state index in [2.05, 4.69) is 15.1 Å². The minimum Gasteiger partial charge on any atom is -0.375 e. The van der Waals surface area contributed by atoms with Gasteiger partial charge in [0, 0.05) is 50.5 Å². The number of benzene rings is 1. The van der Waals surface area contributed by atoms with Crippen LogP contribution < -0.4 is 0 Å². The van der Waals surface area contributed by atoms with Crippen LogP contribution in [-0.4, -0.2) is 59.3 Å². The molecule has 0 unspecified atom stereocenters. The number of rotatable bonds is 5. The third kappa shape index (κ3) is 3.44. The van der Waals surface area contributed by atoms with Crippen molar-refractivity contribution in [2.75, 3.05) is 33.4 Å². The second-order valence-electron chi connectivity index (χ2n) is 8.01. The number of amides is 1. The van der Waals surface area contributed by atoms with Crippen LogP contribution in [0.15, 0.2) is 24.3 Å². The number of hydrogen-bond donors (Lipinski definition) is 1. The van der Waals surface area contributed by atoms with Crippen LogP contribution in [0, 0.1) is 31.5 Å². The molecular weight excluding hydrogens is 359 g/mol. The van der Waals surface area contributed by atoms with Crippen LogP contribution in [0.4, 0.5) is 4.39 Å². The largest absolute Gasteiger partial charge is 0.375 e. The van der Waals surface area contributed by atoms with E-state index in [1.165, 1.54) is 18.7 Å². The van der Waals surface area contributed by atoms with Crippen LogP contribution in [0.3, 0.4) is 0 Å². The van der Waals surface area contributed by atoms with Gasteiger partial charge in [-0.05, 0) is 37.5 Å². The molecule has 4 rings (SSSR count). The lowest BCUT2D eigenvalue weighted by Crippen LogP contribution is -2.37. The molecule has 7 heteroatoms. The second-order valence-corrected chi connectivity index (χ2v) is 8.01. The summed E-state index contributed by atoms with van der Waals surface area (Å²) in [5, 5.41) is 7.35. The predicted octanol–water partition coefficient (Wildman–Crippen LogP) is 2.44. The van der Waals surface area contributed by atoms with Gasteiger partial charge in [0.2, 0.25) is 5.91 Å². The highest BCUT2D eigenvalue weighted by Crippen LogP contribution is 2.45. The Hall–Kier alpha value is -2.25. The molecular formula is C21H27FN4O2. The fraction of sp³-hybridized carbons (Fsp3) is 0.524. The standard InChI is InChI=1S/C21H27FN4O2/c1-13-18(14(2)24-23-13)10-25-8-16-9-26(20(27)12-28-3)21(19(16)11-25)15-5-4-6-17(22)7-15/h4-7,16,19,21H,8-12H2,1-3H3,(H,23,24)/t16-,19-,21+/m1/s1. The summed E-state index contributed by atoms with van der Waals surface area (Å²) in [5.74, 6) is 0.371. The van der Waals surface area contributed by atoms with Crippen LogP contribution in [-0.2, 0) is 16.1 Å². The number of ether oxygens (including phenoxy) is 1.